The van der Waals surface area contributed by atoms with Crippen LogP contribution in [0.5, 0.6) is 57.5 Å². The number of aromatic carboxylic acids is 2. The van der Waals surface area contributed by atoms with Crippen LogP contribution in [0.4, 0.5) is 5.69 Å². The second-order valence-electron chi connectivity index (χ2n) is 26.9. The van der Waals surface area contributed by atoms with Crippen LogP contribution in [-0.4, -0.2) is 111 Å². The number of likely N-dealkylation sites (N-methyl/N-ethyl adjacent to an activating group) is 2. The van der Waals surface area contributed by atoms with E-state index in [0.717, 1.165) is 55.6 Å². The van der Waals surface area contributed by atoms with Crippen molar-refractivity contribution in [2.24, 2.45) is 7.05 Å². The predicted octanol–water partition coefficient (Wildman–Crippen LogP) is 16.2. The fourth-order valence-electron chi connectivity index (χ4n) is 14.9. The first kappa shape index (κ1) is 70.6. The molecule has 104 heavy (non-hydrogen) atoms. The molecule has 0 radical (unpaired) electrons. The molecule has 2 atom stereocenters. The van der Waals surface area contributed by atoms with E-state index in [-0.39, 0.29) is 40.8 Å². The first-order chi connectivity index (χ1) is 50.2. The van der Waals surface area contributed by atoms with Gasteiger partial charge in [0.1, 0.15) is 24.1 Å². The molecule has 6 bridgehead atoms. The second-order valence-corrected chi connectivity index (χ2v) is 26.9. The number of aromatic nitrogens is 2. The van der Waals surface area contributed by atoms with Crippen molar-refractivity contribution in [3.63, 3.8) is 0 Å². The third-order valence-electron chi connectivity index (χ3n) is 20.5. The van der Waals surface area contributed by atoms with Crippen molar-refractivity contribution in [2.45, 2.75) is 58.0 Å². The zero-order chi connectivity index (χ0) is 73.2. The summed E-state index contributed by atoms with van der Waals surface area (Å²) in [6.45, 7) is 6.21. The highest BCUT2D eigenvalue weighted by Crippen LogP contribution is 2.52. The molecular formula is C87H85N5O12. The molecule has 4 aliphatic rings. The van der Waals surface area contributed by atoms with Crippen molar-refractivity contribution in [2.75, 3.05) is 74.6 Å². The number of phenols is 1. The molecule has 12 aromatic rings. The fourth-order valence-corrected chi connectivity index (χ4v) is 14.9. The monoisotopic (exact) mass is 1390 g/mol. The van der Waals surface area contributed by atoms with Gasteiger partial charge in [-0.05, 0) is 211 Å². The number of benzene rings is 10. The van der Waals surface area contributed by atoms with Gasteiger partial charge in [-0.25, -0.2) is 9.59 Å². The normalized spacial score (nSPS) is 14.8. The number of anilines is 1. The van der Waals surface area contributed by atoms with Crippen LogP contribution in [-0.2, 0) is 39.2 Å². The Bertz CT molecular complexity index is 5200. The third-order valence-corrected chi connectivity index (χ3v) is 20.5. The largest absolute Gasteiger partial charge is 0.872 e. The van der Waals surface area contributed by atoms with E-state index in [1.165, 1.54) is 79.3 Å². The number of hydrogen-bond donors (Lipinski definition) is 3. The molecule has 2 unspecified atom stereocenters. The minimum absolute atomic E-state index is 0.000437. The van der Waals surface area contributed by atoms with E-state index in [0.29, 0.717) is 61.8 Å². The Morgan fingerprint density at radius 3 is 1.89 bits per heavy atom. The second kappa shape index (κ2) is 30.0. The molecular weight excluding hydrogens is 1310 g/mol. The van der Waals surface area contributed by atoms with E-state index in [1.807, 2.05) is 18.2 Å². The lowest BCUT2D eigenvalue weighted by atomic mass is 9.87. The average molecular weight is 1390 g/mol. The van der Waals surface area contributed by atoms with Crippen LogP contribution in [0.15, 0.2) is 188 Å². The van der Waals surface area contributed by atoms with Gasteiger partial charge in [0.2, 0.25) is 17.0 Å². The quantitative estimate of drug-likeness (QED) is 0.0978. The summed E-state index contributed by atoms with van der Waals surface area (Å²) in [6, 6.07) is 61.5. The van der Waals surface area contributed by atoms with Gasteiger partial charge in [0.05, 0.1) is 34.0 Å². The van der Waals surface area contributed by atoms with E-state index in [4.69, 9.17) is 28.4 Å². The lowest BCUT2D eigenvalue weighted by Crippen LogP contribution is -2.34. The Morgan fingerprint density at radius 2 is 1.22 bits per heavy atom. The lowest BCUT2D eigenvalue weighted by molar-refractivity contribution is -0.646. The van der Waals surface area contributed by atoms with Crippen LogP contribution in [0.1, 0.15) is 100.0 Å². The Morgan fingerprint density at radius 1 is 0.606 bits per heavy atom. The number of nitrogens with zero attached hydrogens (tertiary/aromatic N) is 5. The molecule has 0 aliphatic carbocycles. The number of carboxylic acids is 2. The number of rotatable bonds is 12. The van der Waals surface area contributed by atoms with E-state index < -0.39 is 23.4 Å². The number of aromatic hydroxyl groups is 1. The molecule has 17 nitrogen and oxygen atoms in total. The summed E-state index contributed by atoms with van der Waals surface area (Å²) in [4.78, 5) is 30.1. The van der Waals surface area contributed by atoms with Crippen molar-refractivity contribution in [1.82, 2.24) is 14.4 Å². The molecule has 0 saturated carbocycles. The molecule has 3 N–H and O–H groups in total. The van der Waals surface area contributed by atoms with Gasteiger partial charge < -0.3 is 58.3 Å². The number of carboxylic acid groups (broad SMARTS) is 2. The Kier molecular flexibility index (Phi) is 20.4. The number of ether oxygens (including phenoxy) is 6. The molecule has 6 heterocycles. The van der Waals surface area contributed by atoms with Crippen LogP contribution < -0.4 is 43.0 Å². The molecule has 2 aromatic heterocycles. The van der Waals surface area contributed by atoms with Crippen LogP contribution in [0, 0.1) is 13.8 Å². The Balaban J connectivity index is 0.000000145. The molecule has 0 saturated heterocycles. The van der Waals surface area contributed by atoms with E-state index in [9.17, 15) is 30.0 Å². The topological polar surface area (TPSA) is 192 Å². The van der Waals surface area contributed by atoms with E-state index in [1.54, 1.807) is 77.0 Å². The molecule has 0 spiro atoms. The van der Waals surface area contributed by atoms with Crippen molar-refractivity contribution in [3.05, 3.63) is 266 Å². The lowest BCUT2D eigenvalue weighted by Gasteiger charge is -2.37. The first-order valence-corrected chi connectivity index (χ1v) is 34.7. The van der Waals surface area contributed by atoms with Gasteiger partial charge >= 0.3 is 11.9 Å². The number of fused-ring (bicyclic) bond motifs is 5. The molecule has 0 fully saturated rings. The van der Waals surface area contributed by atoms with Gasteiger partial charge in [-0.2, -0.15) is 4.57 Å². The summed E-state index contributed by atoms with van der Waals surface area (Å²) >= 11 is 0. The Labute approximate surface area is 605 Å². The van der Waals surface area contributed by atoms with Gasteiger partial charge in [0.25, 0.3) is 0 Å². The molecule has 530 valence electrons. The highest BCUT2D eigenvalue weighted by Gasteiger charge is 2.35. The summed E-state index contributed by atoms with van der Waals surface area (Å²) in [5.41, 5.74) is 15.6. The van der Waals surface area contributed by atoms with Gasteiger partial charge in [-0.3, -0.25) is 9.80 Å². The van der Waals surface area contributed by atoms with Gasteiger partial charge in [-0.1, -0.05) is 90.7 Å². The summed E-state index contributed by atoms with van der Waals surface area (Å²) in [5, 5.41) is 46.1. The van der Waals surface area contributed by atoms with Crippen LogP contribution in [0.25, 0.3) is 50.3 Å². The number of hydrogen-bond acceptors (Lipinski definition) is 13. The molecule has 0 amide bonds. The van der Waals surface area contributed by atoms with Gasteiger partial charge in [0.15, 0.2) is 34.5 Å². The van der Waals surface area contributed by atoms with Crippen molar-refractivity contribution >= 4 is 62.2 Å². The summed E-state index contributed by atoms with van der Waals surface area (Å²) < 4.78 is 41.7. The number of pyridine rings is 1. The van der Waals surface area contributed by atoms with Crippen molar-refractivity contribution in [1.29, 1.82) is 0 Å². The first-order valence-electron chi connectivity index (χ1n) is 34.7. The van der Waals surface area contributed by atoms with E-state index in [2.05, 4.69) is 194 Å². The number of carbonyl (C=O) groups is 2. The van der Waals surface area contributed by atoms with Crippen LogP contribution in [0.2, 0.25) is 0 Å². The van der Waals surface area contributed by atoms with Gasteiger partial charge in [-0.15, -0.1) is 0 Å². The third kappa shape index (κ3) is 14.0. The molecule has 4 aliphatic heterocycles. The number of para-hydroxylation sites is 1. The average Bonchev–Trinajstić information content (AvgIpc) is 0.944. The standard InChI is InChI=1S/C38H42N2O6.C26H28N3.C23H16O6/c1-39-15-13-25-20-32(42-4)34-22-28(25)29(39)17-23-7-10-27(11-8-23)45-33-19-24(9-12-31(33)41-3)18-30-36-26(14-16-40(30)2)21-35(43-5)37(44-6)38(36)46-34;1-19-17-21(20(2)29(19)24-9-7-6-8-10-24)11-13-23-14-12-22-18-25(27(3)4)15-16-26(22)28(23)5;24-20-16(14-7-3-1-5-12(14)9-18(20)22(26)27)11-17-15-8-4-2-6-13(15)10-19(21(17)25)23(28)29/h7-12,19-22,29-30H,13-18H2,1-6H3;6-18H,1-5H3;1-10,24-25H,11H2,(H,26,27)(H,28,29)/q;+1;/p-1. The summed E-state index contributed by atoms with van der Waals surface area (Å²) in [6.07, 6.45) is 7.69. The zero-order valence-electron chi connectivity index (χ0n) is 60.4. The maximum Gasteiger partial charge on any atom is 0.339 e. The van der Waals surface area contributed by atoms with Crippen molar-refractivity contribution in [3.8, 4) is 63.2 Å². The van der Waals surface area contributed by atoms with Crippen LogP contribution in [0.3, 0.4) is 0 Å². The highest BCUT2D eigenvalue weighted by molar-refractivity contribution is 6.02. The highest BCUT2D eigenvalue weighted by atomic mass is 16.5. The smallest absolute Gasteiger partial charge is 0.339 e. The SMILES string of the molecule is COc1ccc2cc1Oc1ccc(cc1)CC1c3cc(c(OC)cc3CCN1C)Oc1c(OC)c(OC)cc3c1C(C2)N(C)CC3.Cc1cc(C=Cc2ccc3cc(N(C)C)ccc3[n+]2C)c(C)n1-c1ccccc1.O=C(O)c1cc2ccccc2c(Cc2c(O)c(C(=O)O)cc3ccccc23)c1[O-]. The van der Waals surface area contributed by atoms with Gasteiger partial charge in [0, 0.05) is 103 Å². The molecule has 17 heteroatoms. The zero-order valence-corrected chi connectivity index (χ0v) is 60.4. The maximum absolute atomic E-state index is 12.9. The van der Waals surface area contributed by atoms with Crippen molar-refractivity contribution < 1.29 is 63.0 Å². The summed E-state index contributed by atoms with van der Waals surface area (Å²) in [7, 11) is 17.4. The summed E-state index contributed by atoms with van der Waals surface area (Å²) in [5.74, 6) is 1.70. The number of aryl methyl sites for hydroxylation is 2. The minimum atomic E-state index is -1.34. The Hall–Kier alpha value is -11.8. The minimum Gasteiger partial charge on any atom is -0.872 e. The maximum atomic E-state index is 12.9. The van der Waals surface area contributed by atoms with Crippen LogP contribution >= 0.6 is 0 Å². The number of methoxy groups -OCH3 is 4. The fraction of sp³-hybridized carbons (Fsp3) is 0.230. The molecule has 10 aromatic carbocycles. The van der Waals surface area contributed by atoms with E-state index >= 15 is 0 Å². The predicted molar refractivity (Wildman–Crippen MR) is 407 cm³/mol. The molecule has 16 rings (SSSR count).